The summed E-state index contributed by atoms with van der Waals surface area (Å²) >= 11 is 0. The maximum Gasteiger partial charge on any atom is 0.253 e. The summed E-state index contributed by atoms with van der Waals surface area (Å²) in [6.07, 6.45) is 0.571. The first-order valence-electron chi connectivity index (χ1n) is 6.29. The van der Waals surface area contributed by atoms with E-state index in [1.165, 1.54) is 12.1 Å². The van der Waals surface area contributed by atoms with Crippen LogP contribution in [0.15, 0.2) is 48.5 Å². The number of carbonyl (C=O) groups is 1. The van der Waals surface area contributed by atoms with Gasteiger partial charge in [0.25, 0.3) is 5.91 Å². The predicted octanol–water partition coefficient (Wildman–Crippen LogP) is 2.08. The largest absolute Gasteiger partial charge is 0.352 e. The number of para-hydroxylation sites is 1. The van der Waals surface area contributed by atoms with Gasteiger partial charge in [0.05, 0.1) is 11.3 Å². The molecule has 0 saturated carbocycles. The number of carbonyl (C=O) groups excluding carboxylic acids is 1. The molecule has 4 nitrogen and oxygen atoms in total. The van der Waals surface area contributed by atoms with Gasteiger partial charge in [-0.3, -0.25) is 10.6 Å². The molecule has 2 aromatic carbocycles. The summed E-state index contributed by atoms with van der Waals surface area (Å²) in [5.41, 5.74) is 4.37. The number of nitrogens with two attached hydrogens (primary N) is 1. The van der Waals surface area contributed by atoms with Crippen LogP contribution in [-0.2, 0) is 6.42 Å². The van der Waals surface area contributed by atoms with E-state index in [-0.39, 0.29) is 11.7 Å². The SMILES string of the molecule is NNc1ccccc1C(=O)NCCc1cccc(F)c1. The molecule has 0 aromatic heterocycles. The molecule has 0 aliphatic heterocycles. The summed E-state index contributed by atoms with van der Waals surface area (Å²) < 4.78 is 13.0. The van der Waals surface area contributed by atoms with Gasteiger partial charge in [0, 0.05) is 6.54 Å². The number of anilines is 1. The van der Waals surface area contributed by atoms with E-state index in [0.717, 1.165) is 5.56 Å². The lowest BCUT2D eigenvalue weighted by molar-refractivity contribution is 0.0955. The lowest BCUT2D eigenvalue weighted by Crippen LogP contribution is -2.27. The molecular formula is C15H16FN3O. The molecule has 0 radical (unpaired) electrons. The van der Waals surface area contributed by atoms with Crippen molar-refractivity contribution < 1.29 is 9.18 Å². The molecule has 20 heavy (non-hydrogen) atoms. The molecule has 0 spiro atoms. The van der Waals surface area contributed by atoms with Crippen molar-refractivity contribution in [2.24, 2.45) is 5.84 Å². The van der Waals surface area contributed by atoms with Crippen molar-refractivity contribution in [3.8, 4) is 0 Å². The van der Waals surface area contributed by atoms with Gasteiger partial charge >= 0.3 is 0 Å². The van der Waals surface area contributed by atoms with Crippen LogP contribution in [0, 0.1) is 5.82 Å². The van der Waals surface area contributed by atoms with Crippen molar-refractivity contribution in [3.63, 3.8) is 0 Å². The normalized spacial score (nSPS) is 10.1. The summed E-state index contributed by atoms with van der Waals surface area (Å²) in [6.45, 7) is 0.432. The Morgan fingerprint density at radius 3 is 2.70 bits per heavy atom. The van der Waals surface area contributed by atoms with Gasteiger partial charge in [-0.25, -0.2) is 4.39 Å². The molecule has 4 N–H and O–H groups in total. The highest BCUT2D eigenvalue weighted by molar-refractivity contribution is 5.99. The average molecular weight is 273 g/mol. The topological polar surface area (TPSA) is 67.1 Å². The van der Waals surface area contributed by atoms with E-state index in [0.29, 0.717) is 24.2 Å². The van der Waals surface area contributed by atoms with Crippen LogP contribution in [0.3, 0.4) is 0 Å². The fourth-order valence-corrected chi connectivity index (χ4v) is 1.92. The molecular weight excluding hydrogens is 257 g/mol. The Morgan fingerprint density at radius 1 is 1.15 bits per heavy atom. The first-order valence-corrected chi connectivity index (χ1v) is 6.29. The molecule has 2 rings (SSSR count). The van der Waals surface area contributed by atoms with E-state index in [1.807, 2.05) is 6.07 Å². The lowest BCUT2D eigenvalue weighted by atomic mass is 10.1. The minimum atomic E-state index is -0.272. The Balaban J connectivity index is 1.92. The van der Waals surface area contributed by atoms with E-state index in [1.54, 1.807) is 30.3 Å². The second-order valence-electron chi connectivity index (χ2n) is 4.33. The second-order valence-corrected chi connectivity index (χ2v) is 4.33. The van der Waals surface area contributed by atoms with Gasteiger partial charge in [-0.1, -0.05) is 24.3 Å². The zero-order valence-electron chi connectivity index (χ0n) is 10.9. The van der Waals surface area contributed by atoms with E-state index in [9.17, 15) is 9.18 Å². The smallest absolute Gasteiger partial charge is 0.253 e. The van der Waals surface area contributed by atoms with Gasteiger partial charge in [-0.15, -0.1) is 0 Å². The maximum atomic E-state index is 13.0. The number of nitrogen functional groups attached to an aromatic ring is 1. The van der Waals surface area contributed by atoms with Crippen LogP contribution in [0.1, 0.15) is 15.9 Å². The molecule has 0 heterocycles. The molecule has 0 atom stereocenters. The highest BCUT2D eigenvalue weighted by Gasteiger charge is 2.09. The third-order valence-electron chi connectivity index (χ3n) is 2.92. The minimum Gasteiger partial charge on any atom is -0.352 e. The number of hydrazine groups is 1. The van der Waals surface area contributed by atoms with Crippen LogP contribution in [0.25, 0.3) is 0 Å². The third kappa shape index (κ3) is 3.55. The van der Waals surface area contributed by atoms with Crippen molar-refractivity contribution in [3.05, 3.63) is 65.5 Å². The number of benzene rings is 2. The van der Waals surface area contributed by atoms with Crippen molar-refractivity contribution in [1.82, 2.24) is 5.32 Å². The second kappa shape index (κ2) is 6.68. The Morgan fingerprint density at radius 2 is 1.95 bits per heavy atom. The van der Waals surface area contributed by atoms with Gasteiger partial charge in [-0.05, 0) is 36.2 Å². The zero-order chi connectivity index (χ0) is 14.4. The standard InChI is InChI=1S/C15H16FN3O/c16-12-5-3-4-11(10-12)8-9-18-15(20)13-6-1-2-7-14(13)19-17/h1-7,10,19H,8-9,17H2,(H,18,20). The number of hydrogen-bond acceptors (Lipinski definition) is 3. The van der Waals surface area contributed by atoms with Crippen LogP contribution in [0.4, 0.5) is 10.1 Å². The zero-order valence-corrected chi connectivity index (χ0v) is 10.9. The quantitative estimate of drug-likeness (QED) is 0.577. The highest BCUT2D eigenvalue weighted by atomic mass is 19.1. The van der Waals surface area contributed by atoms with Crippen LogP contribution in [-0.4, -0.2) is 12.5 Å². The molecule has 1 amide bonds. The third-order valence-corrected chi connectivity index (χ3v) is 2.92. The Bertz CT molecular complexity index is 601. The van der Waals surface area contributed by atoms with Gasteiger partial charge in [0.15, 0.2) is 0 Å². The first-order chi connectivity index (χ1) is 9.70. The van der Waals surface area contributed by atoms with Crippen LogP contribution >= 0.6 is 0 Å². The minimum absolute atomic E-state index is 0.213. The van der Waals surface area contributed by atoms with Gasteiger partial charge in [0.1, 0.15) is 5.82 Å². The lowest BCUT2D eigenvalue weighted by Gasteiger charge is -2.09. The number of amides is 1. The first kappa shape index (κ1) is 14.0. The number of hydrogen-bond donors (Lipinski definition) is 3. The molecule has 5 heteroatoms. The summed E-state index contributed by atoms with van der Waals surface area (Å²) in [7, 11) is 0. The number of nitrogens with one attached hydrogen (secondary N) is 2. The van der Waals surface area contributed by atoms with Gasteiger partial charge < -0.3 is 10.7 Å². The number of halogens is 1. The fourth-order valence-electron chi connectivity index (χ4n) is 1.92. The van der Waals surface area contributed by atoms with Crippen molar-refractivity contribution in [1.29, 1.82) is 0 Å². The molecule has 0 aliphatic rings. The molecule has 0 aliphatic carbocycles. The van der Waals surface area contributed by atoms with Crippen LogP contribution < -0.4 is 16.6 Å². The Kier molecular flexibility index (Phi) is 4.68. The summed E-state index contributed by atoms with van der Waals surface area (Å²) in [6, 6.07) is 13.3. The van der Waals surface area contributed by atoms with Gasteiger partial charge in [-0.2, -0.15) is 0 Å². The summed E-state index contributed by atoms with van der Waals surface area (Å²) in [5.74, 6) is 4.87. The molecule has 0 bridgehead atoms. The van der Waals surface area contributed by atoms with Crippen molar-refractivity contribution in [2.45, 2.75) is 6.42 Å². The molecule has 2 aromatic rings. The van der Waals surface area contributed by atoms with Crippen molar-refractivity contribution >= 4 is 11.6 Å². The molecule has 0 fully saturated rings. The fraction of sp³-hybridized carbons (Fsp3) is 0.133. The Labute approximate surface area is 116 Å². The van der Waals surface area contributed by atoms with Gasteiger partial charge in [0.2, 0.25) is 0 Å². The molecule has 0 saturated heterocycles. The monoisotopic (exact) mass is 273 g/mol. The number of rotatable bonds is 5. The molecule has 104 valence electrons. The van der Waals surface area contributed by atoms with Crippen LogP contribution in [0.2, 0.25) is 0 Å². The molecule has 0 unspecified atom stereocenters. The maximum absolute atomic E-state index is 13.0. The van der Waals surface area contributed by atoms with E-state index < -0.39 is 0 Å². The highest BCUT2D eigenvalue weighted by Crippen LogP contribution is 2.13. The van der Waals surface area contributed by atoms with E-state index >= 15 is 0 Å². The van der Waals surface area contributed by atoms with Crippen LogP contribution in [0.5, 0.6) is 0 Å². The van der Waals surface area contributed by atoms with Crippen molar-refractivity contribution in [2.75, 3.05) is 12.0 Å². The average Bonchev–Trinajstić information content (AvgIpc) is 2.47. The predicted molar refractivity (Wildman–Crippen MR) is 76.7 cm³/mol. The van der Waals surface area contributed by atoms with E-state index in [2.05, 4.69) is 10.7 Å². The summed E-state index contributed by atoms with van der Waals surface area (Å²) in [4.78, 5) is 12.0. The Hall–Kier alpha value is -2.40. The summed E-state index contributed by atoms with van der Waals surface area (Å²) in [5, 5.41) is 2.78. The van der Waals surface area contributed by atoms with E-state index in [4.69, 9.17) is 5.84 Å².